The average molecular weight is 437 g/mol. The van der Waals surface area contributed by atoms with Crippen LogP contribution in [0.15, 0.2) is 30.3 Å². The third-order valence-electron chi connectivity index (χ3n) is 5.00. The van der Waals surface area contributed by atoms with E-state index in [0.717, 1.165) is 0 Å². The molecule has 0 atom stereocenters. The number of nitrogens with one attached hydrogen (secondary N) is 1. The highest BCUT2D eigenvalue weighted by molar-refractivity contribution is 7.95. The molecule has 1 aliphatic rings. The Labute approximate surface area is 172 Å². The number of aromatic nitrogens is 1. The summed E-state index contributed by atoms with van der Waals surface area (Å²) in [7, 11) is 0. The number of nitrogens with zero attached hydrogens (tertiary/aromatic N) is 1. The molecule has 0 bridgehead atoms. The highest BCUT2D eigenvalue weighted by Gasteiger charge is 2.41. The van der Waals surface area contributed by atoms with Gasteiger partial charge < -0.3 is 9.17 Å². The van der Waals surface area contributed by atoms with E-state index in [9.17, 15) is 18.0 Å². The summed E-state index contributed by atoms with van der Waals surface area (Å²) < 4.78 is 42.3. The van der Waals surface area contributed by atoms with Gasteiger partial charge in [-0.1, -0.05) is 31.5 Å². The van der Waals surface area contributed by atoms with Crippen LogP contribution in [0.25, 0.3) is 10.9 Å². The van der Waals surface area contributed by atoms with E-state index in [1.165, 1.54) is 12.1 Å². The second kappa shape index (κ2) is 6.44. The smallest absolute Gasteiger partial charge is 0.416 e. The van der Waals surface area contributed by atoms with Gasteiger partial charge in [-0.15, -0.1) is 0 Å². The van der Waals surface area contributed by atoms with Crippen molar-refractivity contribution in [1.82, 2.24) is 4.98 Å². The van der Waals surface area contributed by atoms with Crippen LogP contribution in [0.3, 0.4) is 0 Å². The lowest BCUT2D eigenvalue weighted by molar-refractivity contribution is -0.0369. The number of nitriles is 1. The molecule has 1 N–H and O–H groups in total. The highest BCUT2D eigenvalue weighted by Crippen LogP contribution is 2.47. The zero-order chi connectivity index (χ0) is 21.1. The van der Waals surface area contributed by atoms with Crippen molar-refractivity contribution < 1.29 is 22.1 Å². The van der Waals surface area contributed by atoms with Crippen LogP contribution < -0.4 is 4.18 Å². The number of ketones is 1. The van der Waals surface area contributed by atoms with Crippen LogP contribution in [-0.2, 0) is 5.41 Å². The van der Waals surface area contributed by atoms with Gasteiger partial charge in [0.15, 0.2) is 23.6 Å². The molecule has 4 rings (SSSR count). The summed E-state index contributed by atoms with van der Waals surface area (Å²) in [4.78, 5) is 16.4. The van der Waals surface area contributed by atoms with Crippen molar-refractivity contribution in [2.45, 2.75) is 24.8 Å². The van der Waals surface area contributed by atoms with E-state index in [1.54, 1.807) is 18.2 Å². The Morgan fingerprint density at radius 1 is 1.24 bits per heavy atom. The van der Waals surface area contributed by atoms with Crippen molar-refractivity contribution in [3.63, 3.8) is 0 Å². The molecule has 0 amide bonds. The number of rotatable bonds is 2. The number of fused-ring (bicyclic) bond motifs is 4. The number of halogens is 4. The van der Waals surface area contributed by atoms with Gasteiger partial charge in [0.05, 0.1) is 22.2 Å². The first-order chi connectivity index (χ1) is 13.5. The Morgan fingerprint density at radius 3 is 2.62 bits per heavy atom. The molecule has 2 aromatic carbocycles. The number of alkyl halides is 3. The molecule has 0 radical (unpaired) electrons. The lowest BCUT2D eigenvalue weighted by Crippen LogP contribution is -2.30. The van der Waals surface area contributed by atoms with Crippen LogP contribution in [0, 0.1) is 11.3 Å². The normalized spacial score (nSPS) is 15.0. The monoisotopic (exact) mass is 436 g/mol. The summed E-state index contributed by atoms with van der Waals surface area (Å²) in [6.07, 6.45) is 0. The zero-order valence-corrected chi connectivity index (χ0v) is 16.6. The Hall–Kier alpha value is -2.63. The van der Waals surface area contributed by atoms with Crippen LogP contribution in [-0.4, -0.2) is 16.3 Å². The maximum atomic E-state index is 13.2. The van der Waals surface area contributed by atoms with Crippen LogP contribution >= 0.6 is 23.6 Å². The summed E-state index contributed by atoms with van der Waals surface area (Å²) in [6.45, 7) is 3.71. The fourth-order valence-corrected chi connectivity index (χ4v) is 4.23. The molecule has 4 nitrogen and oxygen atoms in total. The fraction of sp³-hybridized carbons (Fsp3) is 0.200. The summed E-state index contributed by atoms with van der Waals surface area (Å²) in [6, 6.07) is 9.78. The lowest BCUT2D eigenvalue weighted by Gasteiger charge is -2.32. The van der Waals surface area contributed by atoms with Gasteiger partial charge in [0.25, 0.3) is 0 Å². The van der Waals surface area contributed by atoms with Crippen LogP contribution in [0.1, 0.15) is 46.6 Å². The summed E-state index contributed by atoms with van der Waals surface area (Å²) >= 11 is 5.44. The Bertz CT molecular complexity index is 1230. The summed E-state index contributed by atoms with van der Waals surface area (Å²) in [5.74, 6) is -0.456. The first-order valence-electron chi connectivity index (χ1n) is 8.40. The van der Waals surface area contributed by atoms with Crippen molar-refractivity contribution in [1.29, 1.82) is 5.26 Å². The predicted molar refractivity (Wildman–Crippen MR) is 104 cm³/mol. The minimum absolute atomic E-state index is 0.0836. The van der Waals surface area contributed by atoms with Crippen molar-refractivity contribution in [3.05, 3.63) is 63.3 Å². The number of hydrogen-bond donors (Lipinski definition) is 1. The second-order valence-corrected chi connectivity index (χ2v) is 8.35. The molecule has 0 unspecified atom stereocenters. The maximum Gasteiger partial charge on any atom is 0.479 e. The highest BCUT2D eigenvalue weighted by atomic mass is 35.5. The molecule has 9 heteroatoms. The van der Waals surface area contributed by atoms with Gasteiger partial charge in [-0.2, -0.15) is 18.4 Å². The van der Waals surface area contributed by atoms with Crippen LogP contribution in [0.5, 0.6) is 5.75 Å². The average Bonchev–Trinajstić information content (AvgIpc) is 3.04. The molecule has 0 fully saturated rings. The quantitative estimate of drug-likeness (QED) is 0.492. The number of hydrogen-bond acceptors (Lipinski definition) is 4. The van der Waals surface area contributed by atoms with E-state index >= 15 is 0 Å². The molecule has 0 saturated heterocycles. The Balaban J connectivity index is 1.90. The first kappa shape index (κ1) is 19.7. The van der Waals surface area contributed by atoms with E-state index < -0.39 is 23.0 Å². The standard InChI is InChI=1S/C20H12ClF3N2O2S/c1-19(2)12-7-15(28-29-20(22,23)24)13(21)6-11(12)17(27)16-10-4-3-9(8-25)5-14(10)26-18(16)19/h3-7,26H,1-2H3. The molecule has 1 aromatic heterocycles. The molecular formula is C20H12ClF3N2O2S. The van der Waals surface area contributed by atoms with E-state index in [-0.39, 0.29) is 16.6 Å². The van der Waals surface area contributed by atoms with Crippen molar-refractivity contribution >= 4 is 40.3 Å². The fourth-order valence-electron chi connectivity index (χ4n) is 3.66. The Morgan fingerprint density at radius 2 is 1.97 bits per heavy atom. The van der Waals surface area contributed by atoms with Crippen molar-refractivity contribution in [2.24, 2.45) is 0 Å². The van der Waals surface area contributed by atoms with E-state index in [0.29, 0.717) is 38.9 Å². The van der Waals surface area contributed by atoms with Crippen molar-refractivity contribution in [3.8, 4) is 11.8 Å². The lowest BCUT2D eigenvalue weighted by atomic mass is 9.71. The molecule has 3 aromatic rings. The maximum absolute atomic E-state index is 13.2. The molecule has 148 valence electrons. The molecule has 0 saturated carbocycles. The topological polar surface area (TPSA) is 65.9 Å². The number of carbonyl (C=O) groups is 1. The van der Waals surface area contributed by atoms with Crippen LogP contribution in [0.4, 0.5) is 13.2 Å². The SMILES string of the molecule is CC1(C)c2cc(OSC(F)(F)F)c(Cl)cc2C(=O)c2c1[nH]c1cc(C#N)ccc21. The molecular weight excluding hydrogens is 425 g/mol. The number of H-pyrrole nitrogens is 1. The first-order valence-corrected chi connectivity index (χ1v) is 9.52. The van der Waals surface area contributed by atoms with Gasteiger partial charge in [-0.05, 0) is 29.8 Å². The van der Waals surface area contributed by atoms with E-state index in [1.807, 2.05) is 13.8 Å². The molecule has 1 aliphatic carbocycles. The molecule has 1 heterocycles. The second-order valence-electron chi connectivity index (χ2n) is 7.14. The zero-order valence-electron chi connectivity index (χ0n) is 15.1. The van der Waals surface area contributed by atoms with Gasteiger partial charge in [-0.25, -0.2) is 0 Å². The van der Waals surface area contributed by atoms with Gasteiger partial charge in [-0.3, -0.25) is 4.79 Å². The number of carbonyl (C=O) groups excluding carboxylic acids is 1. The van der Waals surface area contributed by atoms with E-state index in [2.05, 4.69) is 11.1 Å². The van der Waals surface area contributed by atoms with Gasteiger partial charge >= 0.3 is 5.51 Å². The Kier molecular flexibility index (Phi) is 4.37. The van der Waals surface area contributed by atoms with Gasteiger partial charge in [0.2, 0.25) is 0 Å². The largest absolute Gasteiger partial charge is 0.479 e. The molecule has 0 spiro atoms. The predicted octanol–water partition coefficient (Wildman–Crippen LogP) is 6.11. The molecule has 29 heavy (non-hydrogen) atoms. The third-order valence-corrected chi connectivity index (χ3v) is 5.74. The number of aromatic amines is 1. The van der Waals surface area contributed by atoms with E-state index in [4.69, 9.17) is 21.0 Å². The minimum Gasteiger partial charge on any atom is -0.416 e. The van der Waals surface area contributed by atoms with Gasteiger partial charge in [0, 0.05) is 27.6 Å². The van der Waals surface area contributed by atoms with Crippen LogP contribution in [0.2, 0.25) is 5.02 Å². The summed E-state index contributed by atoms with van der Waals surface area (Å²) in [5.41, 5.74) is -2.34. The summed E-state index contributed by atoms with van der Waals surface area (Å²) in [5, 5.41) is 9.71. The molecule has 0 aliphatic heterocycles. The number of benzene rings is 2. The minimum atomic E-state index is -4.59. The van der Waals surface area contributed by atoms with Crippen molar-refractivity contribution in [2.75, 3.05) is 0 Å². The van der Waals surface area contributed by atoms with Gasteiger partial charge in [0.1, 0.15) is 0 Å². The third kappa shape index (κ3) is 3.15.